The Bertz CT molecular complexity index is 728. The molecule has 0 aliphatic carbocycles. The molecule has 0 amide bonds. The van der Waals surface area contributed by atoms with Crippen molar-refractivity contribution >= 4 is 22.5 Å². The Morgan fingerprint density at radius 1 is 1.05 bits per heavy atom. The molecule has 0 N–H and O–H groups in total. The molecule has 0 bridgehead atoms. The summed E-state index contributed by atoms with van der Waals surface area (Å²) in [7, 11) is 0. The summed E-state index contributed by atoms with van der Waals surface area (Å²) in [5.41, 5.74) is 1.34. The molecule has 0 aliphatic rings. The predicted octanol–water partition coefficient (Wildman–Crippen LogP) is 4.05. The van der Waals surface area contributed by atoms with Gasteiger partial charge in [-0.1, -0.05) is 54.2 Å². The third-order valence-electron chi connectivity index (χ3n) is 3.45. The first kappa shape index (κ1) is 13.2. The number of aryl methyl sites for hydroxylation is 1. The maximum atomic E-state index is 4.26. The standard InChI is InChI=1S/C16H17N3S/c1-3-19-12(2)17-18-16(19)20-11-14-9-6-8-13-7-4-5-10-15(13)14/h4-10H,3,11H2,1-2H3. The van der Waals surface area contributed by atoms with Crippen LogP contribution in [0.15, 0.2) is 47.6 Å². The highest BCUT2D eigenvalue weighted by Gasteiger charge is 2.08. The molecule has 1 aromatic heterocycles. The first-order valence-electron chi connectivity index (χ1n) is 6.79. The van der Waals surface area contributed by atoms with Crippen LogP contribution in [0.25, 0.3) is 10.8 Å². The third kappa shape index (κ3) is 2.43. The van der Waals surface area contributed by atoms with Crippen molar-refractivity contribution in [1.82, 2.24) is 14.8 Å². The van der Waals surface area contributed by atoms with Crippen LogP contribution in [0.2, 0.25) is 0 Å². The maximum Gasteiger partial charge on any atom is 0.191 e. The van der Waals surface area contributed by atoms with Crippen LogP contribution in [0.3, 0.4) is 0 Å². The molecule has 3 aromatic rings. The van der Waals surface area contributed by atoms with Crippen molar-refractivity contribution in [2.24, 2.45) is 0 Å². The monoisotopic (exact) mass is 283 g/mol. The van der Waals surface area contributed by atoms with Crippen LogP contribution < -0.4 is 0 Å². The van der Waals surface area contributed by atoms with E-state index in [1.54, 1.807) is 11.8 Å². The third-order valence-corrected chi connectivity index (χ3v) is 4.47. The van der Waals surface area contributed by atoms with Gasteiger partial charge in [0.15, 0.2) is 5.16 Å². The van der Waals surface area contributed by atoms with E-state index in [9.17, 15) is 0 Å². The first-order valence-corrected chi connectivity index (χ1v) is 7.77. The number of hydrogen-bond acceptors (Lipinski definition) is 3. The highest BCUT2D eigenvalue weighted by molar-refractivity contribution is 7.98. The fourth-order valence-electron chi connectivity index (χ4n) is 2.39. The highest BCUT2D eigenvalue weighted by Crippen LogP contribution is 2.26. The predicted molar refractivity (Wildman–Crippen MR) is 83.9 cm³/mol. The smallest absolute Gasteiger partial charge is 0.191 e. The van der Waals surface area contributed by atoms with E-state index >= 15 is 0 Å². The Labute approximate surface area is 123 Å². The molecular formula is C16H17N3S. The lowest BCUT2D eigenvalue weighted by molar-refractivity contribution is 0.662. The fourth-order valence-corrected chi connectivity index (χ4v) is 3.44. The number of benzene rings is 2. The van der Waals surface area contributed by atoms with Gasteiger partial charge in [-0.25, -0.2) is 0 Å². The van der Waals surface area contributed by atoms with Gasteiger partial charge in [-0.15, -0.1) is 10.2 Å². The van der Waals surface area contributed by atoms with Crippen molar-refractivity contribution in [2.45, 2.75) is 31.3 Å². The lowest BCUT2D eigenvalue weighted by atomic mass is 10.1. The summed E-state index contributed by atoms with van der Waals surface area (Å²) >= 11 is 1.75. The number of fused-ring (bicyclic) bond motifs is 1. The van der Waals surface area contributed by atoms with Gasteiger partial charge < -0.3 is 4.57 Å². The van der Waals surface area contributed by atoms with E-state index in [-0.39, 0.29) is 0 Å². The molecule has 0 spiro atoms. The Morgan fingerprint density at radius 2 is 1.85 bits per heavy atom. The lowest BCUT2D eigenvalue weighted by Crippen LogP contribution is -1.99. The van der Waals surface area contributed by atoms with Gasteiger partial charge in [0.2, 0.25) is 0 Å². The molecule has 4 heteroatoms. The molecule has 3 rings (SSSR count). The number of hydrogen-bond donors (Lipinski definition) is 0. The molecule has 0 radical (unpaired) electrons. The van der Waals surface area contributed by atoms with Crippen LogP contribution >= 0.6 is 11.8 Å². The topological polar surface area (TPSA) is 30.7 Å². The molecule has 2 aromatic carbocycles. The summed E-state index contributed by atoms with van der Waals surface area (Å²) in [6, 6.07) is 15.0. The minimum atomic E-state index is 0.913. The van der Waals surface area contributed by atoms with Gasteiger partial charge in [-0.05, 0) is 30.2 Å². The van der Waals surface area contributed by atoms with Gasteiger partial charge >= 0.3 is 0 Å². The molecule has 20 heavy (non-hydrogen) atoms. The van der Waals surface area contributed by atoms with Crippen molar-refractivity contribution in [2.75, 3.05) is 0 Å². The number of aromatic nitrogens is 3. The molecule has 0 unspecified atom stereocenters. The second-order valence-electron chi connectivity index (χ2n) is 4.70. The SMILES string of the molecule is CCn1c(C)nnc1SCc1cccc2ccccc12. The molecule has 3 nitrogen and oxygen atoms in total. The summed E-state index contributed by atoms with van der Waals surface area (Å²) in [4.78, 5) is 0. The summed E-state index contributed by atoms with van der Waals surface area (Å²) < 4.78 is 2.15. The summed E-state index contributed by atoms with van der Waals surface area (Å²) in [5, 5.41) is 12.0. The number of rotatable bonds is 4. The van der Waals surface area contributed by atoms with Crippen LogP contribution in [-0.2, 0) is 12.3 Å². The van der Waals surface area contributed by atoms with Crippen LogP contribution in [0.1, 0.15) is 18.3 Å². The first-order chi connectivity index (χ1) is 9.79. The van der Waals surface area contributed by atoms with Crippen LogP contribution in [0.4, 0.5) is 0 Å². The minimum Gasteiger partial charge on any atom is -0.307 e. The summed E-state index contributed by atoms with van der Waals surface area (Å²) in [5.74, 6) is 1.90. The normalized spacial score (nSPS) is 11.1. The van der Waals surface area contributed by atoms with Gasteiger partial charge in [-0.2, -0.15) is 0 Å². The van der Waals surface area contributed by atoms with Crippen LogP contribution in [-0.4, -0.2) is 14.8 Å². The van der Waals surface area contributed by atoms with Crippen molar-refractivity contribution in [3.8, 4) is 0 Å². The van der Waals surface area contributed by atoms with Gasteiger partial charge in [0.05, 0.1) is 0 Å². The van der Waals surface area contributed by atoms with E-state index in [1.807, 2.05) is 6.92 Å². The Balaban J connectivity index is 1.87. The molecule has 0 saturated heterocycles. The zero-order valence-corrected chi connectivity index (χ0v) is 12.5. The molecule has 0 aliphatic heterocycles. The van der Waals surface area contributed by atoms with E-state index in [0.29, 0.717) is 0 Å². The molecule has 0 saturated carbocycles. The van der Waals surface area contributed by atoms with Crippen molar-refractivity contribution in [1.29, 1.82) is 0 Å². The molecule has 1 heterocycles. The van der Waals surface area contributed by atoms with Gasteiger partial charge in [0, 0.05) is 12.3 Å². The molecule has 0 fully saturated rings. The Hall–Kier alpha value is -1.81. The van der Waals surface area contributed by atoms with Gasteiger partial charge in [0.1, 0.15) is 5.82 Å². The average Bonchev–Trinajstić information content (AvgIpc) is 2.85. The van der Waals surface area contributed by atoms with Crippen LogP contribution in [0, 0.1) is 6.92 Å². The molecular weight excluding hydrogens is 266 g/mol. The Kier molecular flexibility index (Phi) is 3.74. The van der Waals surface area contributed by atoms with E-state index in [1.165, 1.54) is 16.3 Å². The number of thioether (sulfide) groups is 1. The fraction of sp³-hybridized carbons (Fsp3) is 0.250. The largest absolute Gasteiger partial charge is 0.307 e. The Morgan fingerprint density at radius 3 is 2.70 bits per heavy atom. The summed E-state index contributed by atoms with van der Waals surface area (Å²) in [6.45, 7) is 5.04. The molecule has 0 atom stereocenters. The van der Waals surface area contributed by atoms with Gasteiger partial charge in [-0.3, -0.25) is 0 Å². The average molecular weight is 283 g/mol. The van der Waals surface area contributed by atoms with Crippen molar-refractivity contribution in [3.05, 3.63) is 53.9 Å². The zero-order valence-electron chi connectivity index (χ0n) is 11.7. The second-order valence-corrected chi connectivity index (χ2v) is 5.64. The lowest BCUT2D eigenvalue weighted by Gasteiger charge is -2.07. The van der Waals surface area contributed by atoms with Crippen molar-refractivity contribution in [3.63, 3.8) is 0 Å². The zero-order chi connectivity index (χ0) is 13.9. The van der Waals surface area contributed by atoms with Gasteiger partial charge in [0.25, 0.3) is 0 Å². The van der Waals surface area contributed by atoms with Crippen LogP contribution in [0.5, 0.6) is 0 Å². The summed E-state index contributed by atoms with van der Waals surface area (Å²) in [6.07, 6.45) is 0. The molecule has 102 valence electrons. The quantitative estimate of drug-likeness (QED) is 0.677. The van der Waals surface area contributed by atoms with E-state index in [0.717, 1.165) is 23.3 Å². The van der Waals surface area contributed by atoms with E-state index < -0.39 is 0 Å². The second kappa shape index (κ2) is 5.67. The van der Waals surface area contributed by atoms with Crippen molar-refractivity contribution < 1.29 is 0 Å². The van der Waals surface area contributed by atoms with E-state index in [2.05, 4.69) is 64.2 Å². The maximum absolute atomic E-state index is 4.26. The van der Waals surface area contributed by atoms with E-state index in [4.69, 9.17) is 0 Å². The number of nitrogens with zero attached hydrogens (tertiary/aromatic N) is 3. The minimum absolute atomic E-state index is 0.913. The highest BCUT2D eigenvalue weighted by atomic mass is 32.2.